The molecule has 0 radical (unpaired) electrons. The van der Waals surface area contributed by atoms with Crippen LogP contribution in [-0.4, -0.2) is 48.2 Å². The maximum absolute atomic E-state index is 12.4. The van der Waals surface area contributed by atoms with Gasteiger partial charge in [-0.25, -0.2) is 4.79 Å². The zero-order valence-electron chi connectivity index (χ0n) is 14.6. The minimum absolute atomic E-state index is 0.0489. The van der Waals surface area contributed by atoms with Gasteiger partial charge in [0.05, 0.1) is 30.1 Å². The van der Waals surface area contributed by atoms with E-state index in [1.54, 1.807) is 19.9 Å². The molecule has 1 atom stereocenters. The second-order valence-electron chi connectivity index (χ2n) is 5.71. The molecule has 2 amide bonds. The van der Waals surface area contributed by atoms with E-state index in [1.807, 2.05) is 31.1 Å². The zero-order chi connectivity index (χ0) is 18.6. The largest absolute Gasteiger partial charge is 0.466 e. The van der Waals surface area contributed by atoms with Crippen LogP contribution in [0.4, 0.5) is 16.3 Å². The third kappa shape index (κ3) is 4.36. The molecule has 0 aliphatic rings. The van der Waals surface area contributed by atoms with Crippen molar-refractivity contribution in [3.63, 3.8) is 0 Å². The van der Waals surface area contributed by atoms with E-state index in [0.29, 0.717) is 23.4 Å². The summed E-state index contributed by atoms with van der Waals surface area (Å²) in [7, 11) is 3.78. The zero-order valence-corrected chi connectivity index (χ0v) is 15.5. The number of fused-ring (bicyclic) bond motifs is 1. The van der Waals surface area contributed by atoms with Crippen molar-refractivity contribution in [2.45, 2.75) is 26.3 Å². The molecular formula is C16H22N4O4S. The fourth-order valence-electron chi connectivity index (χ4n) is 2.34. The third-order valence-electron chi connectivity index (χ3n) is 3.58. The number of nitrogens with one attached hydrogen (secondary N) is 1. The average Bonchev–Trinajstić information content (AvgIpc) is 2.97. The van der Waals surface area contributed by atoms with Gasteiger partial charge in [-0.3, -0.25) is 14.4 Å². The molecule has 2 rings (SSSR count). The van der Waals surface area contributed by atoms with Gasteiger partial charge in [0.1, 0.15) is 0 Å². The fourth-order valence-corrected chi connectivity index (χ4v) is 2.47. The van der Waals surface area contributed by atoms with Gasteiger partial charge >= 0.3 is 12.0 Å². The van der Waals surface area contributed by atoms with Gasteiger partial charge in [-0.05, 0) is 26.0 Å². The number of urea groups is 1. The SMILES string of the molecule is CCOC(=O)CC(C)N(S)C(=O)Nc1noc2cccc(N(C)C)c12. The van der Waals surface area contributed by atoms with Crippen molar-refractivity contribution >= 4 is 47.3 Å². The van der Waals surface area contributed by atoms with Gasteiger partial charge in [0, 0.05) is 14.1 Å². The number of aromatic nitrogens is 1. The van der Waals surface area contributed by atoms with Crippen LogP contribution in [0.25, 0.3) is 11.0 Å². The molecule has 0 saturated heterocycles. The van der Waals surface area contributed by atoms with Crippen molar-refractivity contribution in [3.05, 3.63) is 18.2 Å². The summed E-state index contributed by atoms with van der Waals surface area (Å²) in [5.74, 6) is -0.0877. The van der Waals surface area contributed by atoms with E-state index < -0.39 is 12.1 Å². The number of benzene rings is 1. The van der Waals surface area contributed by atoms with Crippen LogP contribution >= 0.6 is 12.8 Å². The van der Waals surface area contributed by atoms with Crippen molar-refractivity contribution in [2.24, 2.45) is 0 Å². The van der Waals surface area contributed by atoms with Crippen LogP contribution in [0, 0.1) is 0 Å². The Morgan fingerprint density at radius 1 is 1.40 bits per heavy atom. The number of hydrogen-bond acceptors (Lipinski definition) is 7. The van der Waals surface area contributed by atoms with Gasteiger partial charge in [0.2, 0.25) is 0 Å². The molecule has 0 saturated carbocycles. The van der Waals surface area contributed by atoms with Crippen LogP contribution in [0.3, 0.4) is 0 Å². The summed E-state index contributed by atoms with van der Waals surface area (Å²) in [6.45, 7) is 3.73. The number of ether oxygens (including phenoxy) is 1. The topological polar surface area (TPSA) is 87.9 Å². The van der Waals surface area contributed by atoms with Gasteiger partial charge < -0.3 is 14.2 Å². The number of carbonyl (C=O) groups excluding carboxylic acids is 2. The number of carbonyl (C=O) groups is 2. The van der Waals surface area contributed by atoms with Crippen molar-refractivity contribution < 1.29 is 18.8 Å². The first-order valence-electron chi connectivity index (χ1n) is 7.85. The Hall–Kier alpha value is -2.42. The summed E-state index contributed by atoms with van der Waals surface area (Å²) in [5, 5.41) is 7.29. The third-order valence-corrected chi connectivity index (χ3v) is 4.15. The highest BCUT2D eigenvalue weighted by atomic mass is 32.1. The highest BCUT2D eigenvalue weighted by Crippen LogP contribution is 2.32. The van der Waals surface area contributed by atoms with Crippen molar-refractivity contribution in [2.75, 3.05) is 30.9 Å². The molecule has 1 N–H and O–H groups in total. The molecule has 8 nitrogen and oxygen atoms in total. The quantitative estimate of drug-likeness (QED) is 0.604. The van der Waals surface area contributed by atoms with Crippen molar-refractivity contribution in [1.82, 2.24) is 9.46 Å². The molecule has 1 aromatic heterocycles. The Kier molecular flexibility index (Phi) is 6.13. The second kappa shape index (κ2) is 8.11. The Morgan fingerprint density at radius 2 is 2.12 bits per heavy atom. The summed E-state index contributed by atoms with van der Waals surface area (Å²) in [6.07, 6.45) is 0.0489. The smallest absolute Gasteiger partial charge is 0.333 e. The number of amides is 2. The highest BCUT2D eigenvalue weighted by molar-refractivity contribution is 7.78. The van der Waals surface area contributed by atoms with Gasteiger partial charge in [-0.15, -0.1) is 0 Å². The Morgan fingerprint density at radius 3 is 2.76 bits per heavy atom. The summed E-state index contributed by atoms with van der Waals surface area (Å²) in [6, 6.07) is 4.56. The molecule has 25 heavy (non-hydrogen) atoms. The Labute approximate surface area is 151 Å². The summed E-state index contributed by atoms with van der Waals surface area (Å²) < 4.78 is 11.3. The lowest BCUT2D eigenvalue weighted by Gasteiger charge is -2.22. The number of anilines is 2. The van der Waals surface area contributed by atoms with Gasteiger partial charge in [-0.1, -0.05) is 24.0 Å². The normalized spacial score (nSPS) is 11.9. The van der Waals surface area contributed by atoms with Crippen LogP contribution in [0.2, 0.25) is 0 Å². The van der Waals surface area contributed by atoms with Crippen LogP contribution < -0.4 is 10.2 Å². The van der Waals surface area contributed by atoms with E-state index in [2.05, 4.69) is 23.3 Å². The van der Waals surface area contributed by atoms with E-state index in [4.69, 9.17) is 9.26 Å². The fraction of sp³-hybridized carbons (Fsp3) is 0.438. The molecule has 136 valence electrons. The standard InChI is InChI=1S/C16H22N4O4S/c1-5-23-13(21)9-10(2)20(25)16(22)17-15-14-11(19(3)4)7-6-8-12(14)24-18-15/h6-8,10,25H,5,9H2,1-4H3,(H,17,18,22). The minimum Gasteiger partial charge on any atom is -0.466 e. The molecule has 1 heterocycles. The molecule has 0 fully saturated rings. The maximum atomic E-state index is 12.4. The van der Waals surface area contributed by atoms with Gasteiger partial charge in [0.15, 0.2) is 11.4 Å². The van der Waals surface area contributed by atoms with E-state index in [9.17, 15) is 9.59 Å². The van der Waals surface area contributed by atoms with E-state index in [1.165, 1.54) is 0 Å². The first-order valence-corrected chi connectivity index (χ1v) is 8.25. The predicted octanol–water partition coefficient (Wildman–Crippen LogP) is 2.91. The van der Waals surface area contributed by atoms with Crippen LogP contribution in [0.15, 0.2) is 22.7 Å². The molecule has 9 heteroatoms. The number of thiol groups is 1. The summed E-state index contributed by atoms with van der Waals surface area (Å²) in [5.41, 5.74) is 1.42. The minimum atomic E-state index is -0.510. The molecule has 0 aliphatic heterocycles. The van der Waals surface area contributed by atoms with Crippen LogP contribution in [0.5, 0.6) is 0 Å². The second-order valence-corrected chi connectivity index (χ2v) is 6.14. The molecule has 1 unspecified atom stereocenters. The maximum Gasteiger partial charge on any atom is 0.333 e. The Bertz CT molecular complexity index is 762. The number of rotatable bonds is 6. The number of nitrogens with zero attached hydrogens (tertiary/aromatic N) is 3. The lowest BCUT2D eigenvalue weighted by Crippen LogP contribution is -2.36. The molecule has 1 aromatic carbocycles. The molecule has 2 aromatic rings. The van der Waals surface area contributed by atoms with E-state index in [0.717, 1.165) is 9.99 Å². The van der Waals surface area contributed by atoms with E-state index in [-0.39, 0.29) is 12.4 Å². The van der Waals surface area contributed by atoms with Crippen LogP contribution in [0.1, 0.15) is 20.3 Å². The Balaban J connectivity index is 2.15. The van der Waals surface area contributed by atoms with Gasteiger partial charge in [0.25, 0.3) is 0 Å². The number of esters is 1. The molecule has 0 spiro atoms. The molecule has 0 bridgehead atoms. The highest BCUT2D eigenvalue weighted by Gasteiger charge is 2.23. The molecule has 0 aliphatic carbocycles. The predicted molar refractivity (Wildman–Crippen MR) is 98.9 cm³/mol. The number of hydrogen-bond donors (Lipinski definition) is 2. The first-order chi connectivity index (χ1) is 11.8. The monoisotopic (exact) mass is 366 g/mol. The average molecular weight is 366 g/mol. The van der Waals surface area contributed by atoms with Crippen molar-refractivity contribution in [1.29, 1.82) is 0 Å². The van der Waals surface area contributed by atoms with Gasteiger partial charge in [-0.2, -0.15) is 0 Å². The summed E-state index contributed by atoms with van der Waals surface area (Å²) >= 11 is 4.18. The summed E-state index contributed by atoms with van der Waals surface area (Å²) in [4.78, 5) is 25.9. The molecular weight excluding hydrogens is 344 g/mol. The van der Waals surface area contributed by atoms with E-state index >= 15 is 0 Å². The van der Waals surface area contributed by atoms with Crippen LogP contribution in [-0.2, 0) is 9.53 Å². The lowest BCUT2D eigenvalue weighted by molar-refractivity contribution is -0.143. The lowest BCUT2D eigenvalue weighted by atomic mass is 10.2. The first kappa shape index (κ1) is 18.9. The van der Waals surface area contributed by atoms with Crippen molar-refractivity contribution in [3.8, 4) is 0 Å².